The van der Waals surface area contributed by atoms with Crippen LogP contribution < -0.4 is 0 Å². The highest BCUT2D eigenvalue weighted by Crippen LogP contribution is 3.18. The highest BCUT2D eigenvalue weighted by atomic mass is 127. The molecule has 6 saturated carbocycles. The van der Waals surface area contributed by atoms with Crippen LogP contribution in [-0.4, -0.2) is 43.1 Å². The fourth-order valence-electron chi connectivity index (χ4n) is 5.32. The Morgan fingerprint density at radius 3 is 0.875 bits per heavy atom. The van der Waals surface area contributed by atoms with E-state index in [4.69, 9.17) is 0 Å². The van der Waals surface area contributed by atoms with E-state index in [1.165, 1.54) is 0 Å². The van der Waals surface area contributed by atoms with Gasteiger partial charge in [0.2, 0.25) is 39.7 Å². The average Bonchev–Trinajstić information content (AvgIpc) is 2.27. The first-order chi connectivity index (χ1) is 7.00. The lowest BCUT2D eigenvalue weighted by Gasteiger charge is -3.13. The molecule has 0 amide bonds. The molecule has 0 N–H and O–H groups in total. The summed E-state index contributed by atoms with van der Waals surface area (Å²) in [5, 5.41) is 0. The van der Waals surface area contributed by atoms with Crippen molar-refractivity contribution in [2.45, 2.75) is 43.1 Å². The lowest BCUT2D eigenvalue weighted by Crippen LogP contribution is -3.46. The van der Waals surface area contributed by atoms with Crippen molar-refractivity contribution in [2.24, 2.45) is 0 Å². The minimum Gasteiger partial charge on any atom is -0.234 e. The molecule has 6 aliphatic carbocycles. The summed E-state index contributed by atoms with van der Waals surface area (Å²) in [4.78, 5) is 0. The predicted molar refractivity (Wildman–Crippen MR) is 43.6 cm³/mol. The Labute approximate surface area is 96.7 Å². The smallest absolute Gasteiger partial charge is 0.232 e. The van der Waals surface area contributed by atoms with Gasteiger partial charge in [-0.05, 0) is 0 Å². The minimum atomic E-state index is -3.99. The van der Waals surface area contributed by atoms with Gasteiger partial charge in [0.25, 0.3) is 0 Å². The Bertz CT molecular complexity index is 336. The molecule has 8 heteroatoms. The van der Waals surface area contributed by atoms with Gasteiger partial charge in [0, 0.05) is 0 Å². The Morgan fingerprint density at radius 2 is 0.625 bits per heavy atom. The second-order valence-electron chi connectivity index (χ2n) is 5.27. The Morgan fingerprint density at radius 1 is 0.438 bits per heavy atom. The third-order valence-corrected chi connectivity index (χ3v) is 7.93. The van der Waals surface area contributed by atoms with Crippen LogP contribution in [0.3, 0.4) is 0 Å². The van der Waals surface area contributed by atoms with E-state index < -0.39 is 43.1 Å². The maximum Gasteiger partial charge on any atom is 0.232 e. The highest BCUT2D eigenvalue weighted by Gasteiger charge is 3.49. The van der Waals surface area contributed by atoms with Crippen LogP contribution in [0.2, 0.25) is 0 Å². The average molecular weight is 356 g/mol. The van der Waals surface area contributed by atoms with Crippen LogP contribution in [-0.2, 0) is 0 Å². The first-order valence-electron chi connectivity index (χ1n) is 4.51. The van der Waals surface area contributed by atoms with Gasteiger partial charge in [-0.2, -0.15) is 0 Å². The van der Waals surface area contributed by atoms with Crippen LogP contribution in [0.1, 0.15) is 0 Å². The summed E-state index contributed by atoms with van der Waals surface area (Å²) >= 11 is 0.854. The summed E-state index contributed by atoms with van der Waals surface area (Å²) in [5.74, 6) is 0. The van der Waals surface area contributed by atoms with Gasteiger partial charge in [0.1, 0.15) is 3.42 Å². The Hall–Kier alpha value is 0.240. The van der Waals surface area contributed by atoms with Crippen molar-refractivity contribution in [2.75, 3.05) is 0 Å². The summed E-state index contributed by atoms with van der Waals surface area (Å²) < 4.78 is 93.5. The van der Waals surface area contributed by atoms with Crippen LogP contribution in [0, 0.1) is 0 Å². The molecule has 0 aromatic carbocycles. The number of rotatable bonds is 0. The molecule has 0 heterocycles. The lowest BCUT2D eigenvalue weighted by atomic mass is 8.92. The van der Waals surface area contributed by atoms with E-state index in [9.17, 15) is 30.7 Å². The molecule has 0 aromatic rings. The zero-order valence-corrected chi connectivity index (χ0v) is 9.18. The van der Waals surface area contributed by atoms with E-state index in [0.717, 1.165) is 22.6 Å². The first-order valence-corrected chi connectivity index (χ1v) is 5.59. The van der Waals surface area contributed by atoms with E-state index in [0.29, 0.717) is 0 Å². The van der Waals surface area contributed by atoms with Crippen molar-refractivity contribution in [3.05, 3.63) is 0 Å². The Kier molecular flexibility index (Phi) is 0.764. The molecule has 0 spiro atoms. The standard InChI is InChI=1S/C8F7I/c9-1-2(10)5(13)3(1,11)7(15)4(1,12)6(2,14)8(5,7)16. The van der Waals surface area contributed by atoms with Crippen molar-refractivity contribution in [3.8, 4) is 0 Å². The van der Waals surface area contributed by atoms with Gasteiger partial charge in [-0.15, -0.1) is 0 Å². The summed E-state index contributed by atoms with van der Waals surface area (Å²) in [5.41, 5.74) is -26.3. The van der Waals surface area contributed by atoms with E-state index in [-0.39, 0.29) is 0 Å². The minimum absolute atomic E-state index is 0.854. The third kappa shape index (κ3) is 0.213. The van der Waals surface area contributed by atoms with E-state index in [1.807, 2.05) is 0 Å². The molecule has 0 atom stereocenters. The molecular weight excluding hydrogens is 356 g/mol. The maximum absolute atomic E-state index is 13.8. The normalized spacial score (nSPS) is 97.5. The molecule has 88 valence electrons. The van der Waals surface area contributed by atoms with Crippen LogP contribution in [0.25, 0.3) is 0 Å². The highest BCUT2D eigenvalue weighted by molar-refractivity contribution is 14.1. The monoisotopic (exact) mass is 356 g/mol. The van der Waals surface area contributed by atoms with Crippen molar-refractivity contribution in [1.82, 2.24) is 0 Å². The van der Waals surface area contributed by atoms with Crippen LogP contribution in [0.5, 0.6) is 0 Å². The fourth-order valence-corrected chi connectivity index (χ4v) is 7.55. The SMILES string of the molecule is FC12C3(F)C4(F)C1(F)C1(F)C2(F)C3(F)C41I. The summed E-state index contributed by atoms with van der Waals surface area (Å²) in [7, 11) is 0. The van der Waals surface area contributed by atoms with Gasteiger partial charge < -0.3 is 0 Å². The first kappa shape index (κ1) is 9.21. The Balaban J connectivity index is 1.95. The van der Waals surface area contributed by atoms with E-state index in [1.54, 1.807) is 0 Å². The van der Waals surface area contributed by atoms with Crippen LogP contribution in [0.4, 0.5) is 30.7 Å². The van der Waals surface area contributed by atoms with Crippen molar-refractivity contribution in [3.63, 3.8) is 0 Å². The summed E-state index contributed by atoms with van der Waals surface area (Å²) in [6, 6.07) is 0. The van der Waals surface area contributed by atoms with Gasteiger partial charge >= 0.3 is 0 Å². The molecule has 0 nitrogen and oxygen atoms in total. The van der Waals surface area contributed by atoms with Gasteiger partial charge in [-0.1, -0.05) is 22.6 Å². The molecule has 0 aliphatic heterocycles. The second-order valence-corrected chi connectivity index (χ2v) is 6.89. The van der Waals surface area contributed by atoms with Crippen molar-refractivity contribution < 1.29 is 30.7 Å². The van der Waals surface area contributed by atoms with E-state index >= 15 is 0 Å². The van der Waals surface area contributed by atoms with Crippen LogP contribution in [0.15, 0.2) is 0 Å². The van der Waals surface area contributed by atoms with E-state index in [2.05, 4.69) is 0 Å². The molecule has 0 saturated heterocycles. The number of hydrogen-bond donors (Lipinski definition) is 0. The number of hydrogen-bond acceptors (Lipinski definition) is 0. The zero-order chi connectivity index (χ0) is 12.0. The number of halogens is 8. The fraction of sp³-hybridized carbons (Fsp3) is 1.00. The van der Waals surface area contributed by atoms with Crippen molar-refractivity contribution in [1.29, 1.82) is 0 Å². The topological polar surface area (TPSA) is 0 Å². The van der Waals surface area contributed by atoms with Gasteiger partial charge in [0.15, 0.2) is 0 Å². The quantitative estimate of drug-likeness (QED) is 0.355. The van der Waals surface area contributed by atoms with Crippen molar-refractivity contribution >= 4 is 22.6 Å². The molecule has 6 aliphatic rings. The second kappa shape index (κ2) is 1.33. The summed E-state index contributed by atoms with van der Waals surface area (Å²) in [6.07, 6.45) is 0. The molecule has 0 radical (unpaired) electrons. The predicted octanol–water partition coefficient (Wildman–Crippen LogP) is 2.19. The third-order valence-electron chi connectivity index (χ3n) is 5.70. The maximum atomic E-state index is 13.8. The van der Waals surface area contributed by atoms with Gasteiger partial charge in [-0.25, -0.2) is 30.7 Å². The van der Waals surface area contributed by atoms with Gasteiger partial charge in [-0.3, -0.25) is 0 Å². The molecule has 0 bridgehead atoms. The molecule has 6 rings (SSSR count). The largest absolute Gasteiger partial charge is 0.234 e. The lowest BCUT2D eigenvalue weighted by molar-refractivity contribution is -0.752. The molecular formula is C8F7I. The molecule has 0 aromatic heterocycles. The molecule has 16 heavy (non-hydrogen) atoms. The molecule has 0 unspecified atom stereocenters. The molecule has 6 fully saturated rings. The van der Waals surface area contributed by atoms with Gasteiger partial charge in [0.05, 0.1) is 0 Å². The zero-order valence-electron chi connectivity index (χ0n) is 7.02. The summed E-state index contributed by atoms with van der Waals surface area (Å²) in [6.45, 7) is 0. The number of alkyl halides is 8. The van der Waals surface area contributed by atoms with Crippen LogP contribution >= 0.6 is 22.6 Å².